The van der Waals surface area contributed by atoms with E-state index >= 15 is 0 Å². The van der Waals surface area contributed by atoms with Gasteiger partial charge >= 0.3 is 0 Å². The molecule has 3 heterocycles. The van der Waals surface area contributed by atoms with E-state index in [1.807, 2.05) is 55.6 Å². The lowest BCUT2D eigenvalue weighted by Gasteiger charge is -2.25. The van der Waals surface area contributed by atoms with Crippen LogP contribution in [0.2, 0.25) is 0 Å². The summed E-state index contributed by atoms with van der Waals surface area (Å²) in [6.07, 6.45) is 0. The number of aromatic nitrogens is 4. The molecule has 5 aromatic rings. The number of nitrogens with zero attached hydrogens (tertiary/aromatic N) is 4. The molecule has 156 valence electrons. The summed E-state index contributed by atoms with van der Waals surface area (Å²) in [6, 6.07) is 18.1. The van der Waals surface area contributed by atoms with Crippen molar-refractivity contribution in [2.45, 2.75) is 29.3 Å². The first-order chi connectivity index (χ1) is 14.8. The lowest BCUT2D eigenvalue weighted by atomic mass is 9.89. The minimum absolute atomic E-state index is 0.146. The molecule has 0 amide bonds. The van der Waals surface area contributed by atoms with E-state index in [0.717, 1.165) is 21.3 Å². The molecule has 0 radical (unpaired) electrons. The van der Waals surface area contributed by atoms with Crippen LogP contribution in [0.4, 0.5) is 0 Å². The SMILES string of the molecule is Cc1ccc(S(=O)(=O)c2nnn3c2nc(C(C)(N)c2ccccc2)c2sccc23)cc1. The fraction of sp³-hybridized carbons (Fsp3) is 0.136. The third-order valence-electron chi connectivity index (χ3n) is 5.37. The van der Waals surface area contributed by atoms with Crippen LogP contribution >= 0.6 is 11.3 Å². The third-order valence-corrected chi connectivity index (χ3v) is 7.95. The first-order valence-corrected chi connectivity index (χ1v) is 12.0. The van der Waals surface area contributed by atoms with E-state index < -0.39 is 15.4 Å². The van der Waals surface area contributed by atoms with Crippen molar-refractivity contribution in [2.75, 3.05) is 0 Å². The van der Waals surface area contributed by atoms with Crippen molar-refractivity contribution in [1.82, 2.24) is 19.8 Å². The highest BCUT2D eigenvalue weighted by atomic mass is 32.2. The molecule has 9 heteroatoms. The molecule has 0 spiro atoms. The number of benzene rings is 2. The van der Waals surface area contributed by atoms with Crippen molar-refractivity contribution in [2.24, 2.45) is 5.73 Å². The Balaban J connectivity index is 1.80. The predicted molar refractivity (Wildman–Crippen MR) is 120 cm³/mol. The first-order valence-electron chi connectivity index (χ1n) is 9.59. The van der Waals surface area contributed by atoms with Crippen LogP contribution in [-0.2, 0) is 15.4 Å². The number of aryl methyl sites for hydroxylation is 1. The van der Waals surface area contributed by atoms with Gasteiger partial charge in [0.05, 0.1) is 26.3 Å². The number of rotatable bonds is 4. The van der Waals surface area contributed by atoms with Gasteiger partial charge in [0.2, 0.25) is 14.9 Å². The highest BCUT2D eigenvalue weighted by Crippen LogP contribution is 2.35. The molecule has 7 nitrogen and oxygen atoms in total. The second kappa shape index (κ2) is 6.94. The van der Waals surface area contributed by atoms with E-state index in [1.165, 1.54) is 15.9 Å². The van der Waals surface area contributed by atoms with Gasteiger partial charge in [0.15, 0.2) is 5.65 Å². The topological polar surface area (TPSA) is 103 Å². The van der Waals surface area contributed by atoms with Gasteiger partial charge in [-0.3, -0.25) is 0 Å². The van der Waals surface area contributed by atoms with Gasteiger partial charge in [-0.15, -0.1) is 16.4 Å². The van der Waals surface area contributed by atoms with E-state index in [2.05, 4.69) is 10.3 Å². The number of nitrogens with two attached hydrogens (primary N) is 1. The van der Waals surface area contributed by atoms with Crippen LogP contribution in [0.15, 0.2) is 76.0 Å². The molecule has 0 fully saturated rings. The Hall–Kier alpha value is -3.14. The minimum Gasteiger partial charge on any atom is -0.317 e. The first kappa shape index (κ1) is 19.8. The van der Waals surface area contributed by atoms with E-state index in [9.17, 15) is 8.42 Å². The molecule has 0 saturated heterocycles. The van der Waals surface area contributed by atoms with Gasteiger partial charge in [0.25, 0.3) is 0 Å². The summed E-state index contributed by atoms with van der Waals surface area (Å²) in [5.41, 5.74) is 9.13. The molecular weight excluding hydrogens is 430 g/mol. The Bertz CT molecular complexity index is 1520. The van der Waals surface area contributed by atoms with E-state index in [0.29, 0.717) is 5.69 Å². The van der Waals surface area contributed by atoms with Gasteiger partial charge < -0.3 is 5.73 Å². The van der Waals surface area contributed by atoms with Crippen LogP contribution in [0.3, 0.4) is 0 Å². The van der Waals surface area contributed by atoms with Crippen molar-refractivity contribution < 1.29 is 8.42 Å². The fourth-order valence-corrected chi connectivity index (χ4v) is 5.81. The summed E-state index contributed by atoms with van der Waals surface area (Å²) >= 11 is 1.48. The van der Waals surface area contributed by atoms with Gasteiger partial charge in [-0.05, 0) is 43.0 Å². The Morgan fingerprint density at radius 3 is 2.45 bits per heavy atom. The van der Waals surface area contributed by atoms with Crippen molar-refractivity contribution in [3.8, 4) is 0 Å². The smallest absolute Gasteiger partial charge is 0.229 e. The number of hydrogen-bond acceptors (Lipinski definition) is 7. The summed E-state index contributed by atoms with van der Waals surface area (Å²) in [5, 5.41) is 9.86. The second-order valence-electron chi connectivity index (χ2n) is 7.61. The van der Waals surface area contributed by atoms with E-state index in [4.69, 9.17) is 10.7 Å². The lowest BCUT2D eigenvalue weighted by molar-refractivity contribution is 0.586. The quantitative estimate of drug-likeness (QED) is 0.449. The molecule has 31 heavy (non-hydrogen) atoms. The van der Waals surface area contributed by atoms with Crippen LogP contribution in [0.25, 0.3) is 15.9 Å². The van der Waals surface area contributed by atoms with Gasteiger partial charge in [0, 0.05) is 0 Å². The summed E-state index contributed by atoms with van der Waals surface area (Å²) in [4.78, 5) is 4.88. The normalized spacial score (nSPS) is 14.2. The van der Waals surface area contributed by atoms with Crippen molar-refractivity contribution in [3.05, 3.63) is 82.9 Å². The van der Waals surface area contributed by atoms with Crippen LogP contribution in [0.1, 0.15) is 23.7 Å². The molecule has 3 aromatic heterocycles. The molecule has 0 saturated carbocycles. The van der Waals surface area contributed by atoms with Crippen molar-refractivity contribution in [3.63, 3.8) is 0 Å². The number of hydrogen-bond donors (Lipinski definition) is 1. The van der Waals surface area contributed by atoms with Crippen molar-refractivity contribution in [1.29, 1.82) is 0 Å². The molecule has 0 aliphatic carbocycles. The Morgan fingerprint density at radius 1 is 1.03 bits per heavy atom. The van der Waals surface area contributed by atoms with Gasteiger partial charge in [-0.25, -0.2) is 13.4 Å². The van der Waals surface area contributed by atoms with Gasteiger partial charge in [-0.1, -0.05) is 53.2 Å². The monoisotopic (exact) mass is 449 g/mol. The summed E-state index contributed by atoms with van der Waals surface area (Å²) in [6.45, 7) is 3.77. The highest BCUT2D eigenvalue weighted by molar-refractivity contribution is 7.91. The molecule has 0 bridgehead atoms. The fourth-order valence-electron chi connectivity index (χ4n) is 3.60. The molecule has 1 unspecified atom stereocenters. The van der Waals surface area contributed by atoms with Crippen LogP contribution in [0.5, 0.6) is 0 Å². The van der Waals surface area contributed by atoms with Crippen LogP contribution in [-0.4, -0.2) is 28.2 Å². The minimum atomic E-state index is -3.91. The number of fused-ring (bicyclic) bond motifs is 3. The molecular formula is C22H19N5O2S2. The van der Waals surface area contributed by atoms with Crippen LogP contribution in [0, 0.1) is 6.92 Å². The van der Waals surface area contributed by atoms with E-state index in [-0.39, 0.29) is 15.6 Å². The molecule has 0 aliphatic heterocycles. The van der Waals surface area contributed by atoms with Gasteiger partial charge in [-0.2, -0.15) is 4.52 Å². The zero-order valence-corrected chi connectivity index (χ0v) is 18.5. The van der Waals surface area contributed by atoms with Crippen LogP contribution < -0.4 is 5.73 Å². The molecule has 0 aliphatic rings. The molecule has 1 atom stereocenters. The average molecular weight is 450 g/mol. The molecule has 5 rings (SSSR count). The summed E-state index contributed by atoms with van der Waals surface area (Å²) < 4.78 is 29.0. The Morgan fingerprint density at radius 2 is 1.74 bits per heavy atom. The average Bonchev–Trinajstić information content (AvgIpc) is 3.41. The maximum atomic E-state index is 13.3. The standard InChI is InChI=1S/C22H19N5O2S2/c1-14-8-10-16(11-9-14)31(28,29)21-20-24-19(22(2,23)15-6-4-3-5-7-15)18-17(12-13-30-18)27(20)26-25-21/h3-13H,23H2,1-2H3. The number of thiophene rings is 1. The van der Waals surface area contributed by atoms with Crippen molar-refractivity contribution >= 4 is 37.0 Å². The maximum Gasteiger partial charge on any atom is 0.229 e. The van der Waals surface area contributed by atoms with Gasteiger partial charge in [0.1, 0.15) is 0 Å². The molecule has 2 aromatic carbocycles. The predicted octanol–water partition coefficient (Wildman–Crippen LogP) is 3.70. The Labute approximate surface area is 183 Å². The Kier molecular flexibility index (Phi) is 4.44. The summed E-state index contributed by atoms with van der Waals surface area (Å²) in [7, 11) is -3.91. The third kappa shape index (κ3) is 3.04. The zero-order valence-electron chi connectivity index (χ0n) is 16.9. The van der Waals surface area contributed by atoms with E-state index in [1.54, 1.807) is 24.3 Å². The zero-order chi connectivity index (χ0) is 21.8. The summed E-state index contributed by atoms with van der Waals surface area (Å²) in [5.74, 6) is 0. The maximum absolute atomic E-state index is 13.3. The highest BCUT2D eigenvalue weighted by Gasteiger charge is 2.32. The lowest BCUT2D eigenvalue weighted by Crippen LogP contribution is -2.35. The number of sulfone groups is 1. The second-order valence-corrected chi connectivity index (χ2v) is 10.4. The molecule has 2 N–H and O–H groups in total. The largest absolute Gasteiger partial charge is 0.317 e.